The number of nitrogens with one attached hydrogen (secondary N) is 1. The van der Waals surface area contributed by atoms with E-state index in [0.29, 0.717) is 17.0 Å². The number of para-hydroxylation sites is 1. The summed E-state index contributed by atoms with van der Waals surface area (Å²) in [7, 11) is 4.25. The second-order valence-corrected chi connectivity index (χ2v) is 12.2. The summed E-state index contributed by atoms with van der Waals surface area (Å²) in [6.07, 6.45) is -0.685. The SMILES string of the molecule is COC(=O)c1cccc2c1OC[C@H](NC(=O)[C@H](C)N(C)C(=O)OC(C)(C)C)C(=O)N2Cc1c(OC)ccc2cc(Br)ccc12. The van der Waals surface area contributed by atoms with Crippen LogP contribution in [0.5, 0.6) is 11.5 Å². The molecule has 0 unspecified atom stereocenters. The number of methoxy groups -OCH3 is 2. The van der Waals surface area contributed by atoms with E-state index in [2.05, 4.69) is 21.2 Å². The van der Waals surface area contributed by atoms with Gasteiger partial charge in [-0.25, -0.2) is 9.59 Å². The first kappa shape index (κ1) is 32.6. The van der Waals surface area contributed by atoms with E-state index in [1.54, 1.807) is 46.1 Å². The Balaban J connectivity index is 1.74. The highest BCUT2D eigenvalue weighted by molar-refractivity contribution is 9.10. The largest absolute Gasteiger partial charge is 0.496 e. The van der Waals surface area contributed by atoms with Gasteiger partial charge < -0.3 is 29.2 Å². The number of hydrogen-bond acceptors (Lipinski definition) is 8. The van der Waals surface area contributed by atoms with Crippen molar-refractivity contribution < 1.29 is 38.1 Å². The monoisotopic (exact) mass is 669 g/mol. The maximum absolute atomic E-state index is 14.3. The molecule has 0 spiro atoms. The van der Waals surface area contributed by atoms with Crippen LogP contribution in [0.2, 0.25) is 0 Å². The fourth-order valence-corrected chi connectivity index (χ4v) is 5.17. The molecule has 11 nitrogen and oxygen atoms in total. The van der Waals surface area contributed by atoms with Crippen molar-refractivity contribution in [2.75, 3.05) is 32.8 Å². The number of likely N-dealkylation sites (N-methyl/N-ethyl adjacent to an activating group) is 1. The quantitative estimate of drug-likeness (QED) is 0.346. The zero-order valence-electron chi connectivity index (χ0n) is 25.7. The Kier molecular flexibility index (Phi) is 9.72. The average molecular weight is 671 g/mol. The van der Waals surface area contributed by atoms with Crippen LogP contribution in [0, 0.1) is 0 Å². The van der Waals surface area contributed by atoms with Crippen LogP contribution in [0.4, 0.5) is 10.5 Å². The van der Waals surface area contributed by atoms with Gasteiger partial charge in [0, 0.05) is 17.1 Å². The van der Waals surface area contributed by atoms with Crippen molar-refractivity contribution in [3.63, 3.8) is 0 Å². The van der Waals surface area contributed by atoms with Gasteiger partial charge in [-0.15, -0.1) is 0 Å². The van der Waals surface area contributed by atoms with Crippen molar-refractivity contribution in [2.45, 2.75) is 51.9 Å². The summed E-state index contributed by atoms with van der Waals surface area (Å²) < 4.78 is 23.0. The zero-order chi connectivity index (χ0) is 32.3. The Labute approximate surface area is 264 Å². The van der Waals surface area contributed by atoms with Gasteiger partial charge in [-0.2, -0.15) is 0 Å². The van der Waals surface area contributed by atoms with Gasteiger partial charge in [-0.3, -0.25) is 14.5 Å². The van der Waals surface area contributed by atoms with Gasteiger partial charge in [0.1, 0.15) is 35.6 Å². The summed E-state index contributed by atoms with van der Waals surface area (Å²) >= 11 is 3.51. The fraction of sp³-hybridized carbons (Fsp3) is 0.375. The molecule has 0 radical (unpaired) electrons. The van der Waals surface area contributed by atoms with E-state index in [1.165, 1.54) is 26.0 Å². The Bertz CT molecular complexity index is 1600. The van der Waals surface area contributed by atoms with Crippen molar-refractivity contribution in [2.24, 2.45) is 0 Å². The first-order chi connectivity index (χ1) is 20.7. The molecule has 2 atom stereocenters. The maximum Gasteiger partial charge on any atom is 0.410 e. The lowest BCUT2D eigenvalue weighted by molar-refractivity contribution is -0.130. The first-order valence-electron chi connectivity index (χ1n) is 13.9. The third-order valence-corrected chi connectivity index (χ3v) is 7.69. The van der Waals surface area contributed by atoms with E-state index in [4.69, 9.17) is 18.9 Å². The molecule has 1 aliphatic heterocycles. The standard InChI is InChI=1S/C32H36BrN3O8/c1-18(35(5)31(40)44-32(2,3)4)28(37)34-24-17-43-27-22(30(39)42-7)9-8-10-25(27)36(29(24)38)16-23-21-13-12-20(33)15-19(21)11-14-26(23)41-6/h8-15,18,24H,16-17H2,1-7H3,(H,34,37)/t18-,24-/m0/s1. The van der Waals surface area contributed by atoms with Crippen LogP contribution in [-0.2, 0) is 25.6 Å². The molecule has 1 heterocycles. The van der Waals surface area contributed by atoms with E-state index in [0.717, 1.165) is 20.1 Å². The van der Waals surface area contributed by atoms with Gasteiger partial charge in [-0.1, -0.05) is 34.1 Å². The summed E-state index contributed by atoms with van der Waals surface area (Å²) in [4.78, 5) is 55.5. The van der Waals surface area contributed by atoms with Crippen LogP contribution in [0.3, 0.4) is 0 Å². The highest BCUT2D eigenvalue weighted by atomic mass is 79.9. The number of carbonyl (C=O) groups excluding carboxylic acids is 4. The molecular formula is C32H36BrN3O8. The van der Waals surface area contributed by atoms with Gasteiger partial charge in [-0.05, 0) is 68.8 Å². The van der Waals surface area contributed by atoms with Crippen molar-refractivity contribution in [3.8, 4) is 11.5 Å². The zero-order valence-corrected chi connectivity index (χ0v) is 27.3. The topological polar surface area (TPSA) is 124 Å². The maximum atomic E-state index is 14.3. The molecule has 3 amide bonds. The number of anilines is 1. The van der Waals surface area contributed by atoms with E-state index >= 15 is 0 Å². The van der Waals surface area contributed by atoms with Gasteiger partial charge in [0.2, 0.25) is 5.91 Å². The van der Waals surface area contributed by atoms with Crippen LogP contribution < -0.4 is 19.7 Å². The molecule has 234 valence electrons. The minimum absolute atomic E-state index is 0.0295. The number of rotatable bonds is 7. The number of ether oxygens (including phenoxy) is 4. The molecule has 1 N–H and O–H groups in total. The molecule has 3 aromatic carbocycles. The van der Waals surface area contributed by atoms with E-state index in [1.807, 2.05) is 30.3 Å². The highest BCUT2D eigenvalue weighted by Gasteiger charge is 2.37. The summed E-state index contributed by atoms with van der Waals surface area (Å²) in [6.45, 7) is 6.46. The predicted octanol–water partition coefficient (Wildman–Crippen LogP) is 5.06. The normalized spacial score (nSPS) is 15.4. The van der Waals surface area contributed by atoms with E-state index in [-0.39, 0.29) is 24.5 Å². The lowest BCUT2D eigenvalue weighted by Gasteiger charge is -2.30. The van der Waals surface area contributed by atoms with Crippen LogP contribution in [0.15, 0.2) is 53.0 Å². The molecule has 0 fully saturated rings. The molecule has 0 saturated carbocycles. The number of esters is 1. The summed E-state index contributed by atoms with van der Waals surface area (Å²) in [6, 6.07) is 12.2. The van der Waals surface area contributed by atoms with Gasteiger partial charge in [0.05, 0.1) is 26.5 Å². The number of nitrogens with zero attached hydrogens (tertiary/aromatic N) is 2. The van der Waals surface area contributed by atoms with Crippen molar-refractivity contribution in [3.05, 3.63) is 64.1 Å². The number of fused-ring (bicyclic) bond motifs is 2. The molecule has 1 aliphatic rings. The second-order valence-electron chi connectivity index (χ2n) is 11.3. The first-order valence-corrected chi connectivity index (χ1v) is 14.7. The molecule has 4 rings (SSSR count). The summed E-state index contributed by atoms with van der Waals surface area (Å²) in [5, 5.41) is 4.50. The molecule has 0 aromatic heterocycles. The molecule has 44 heavy (non-hydrogen) atoms. The number of halogens is 1. The van der Waals surface area contributed by atoms with E-state index < -0.39 is 41.6 Å². The van der Waals surface area contributed by atoms with Crippen LogP contribution in [-0.4, -0.2) is 74.3 Å². The van der Waals surface area contributed by atoms with E-state index in [9.17, 15) is 19.2 Å². The number of carbonyl (C=O) groups is 4. The fourth-order valence-electron chi connectivity index (χ4n) is 4.79. The van der Waals surface area contributed by atoms with Crippen LogP contribution in [0.1, 0.15) is 43.6 Å². The molecule has 3 aromatic rings. The Morgan fingerprint density at radius 3 is 2.52 bits per heavy atom. The second kappa shape index (κ2) is 13.1. The third-order valence-electron chi connectivity index (χ3n) is 7.19. The summed E-state index contributed by atoms with van der Waals surface area (Å²) in [5.41, 5.74) is 0.409. The highest BCUT2D eigenvalue weighted by Crippen LogP contribution is 2.39. The Hall–Kier alpha value is -4.32. The minimum Gasteiger partial charge on any atom is -0.496 e. The molecule has 0 aliphatic carbocycles. The third kappa shape index (κ3) is 6.91. The average Bonchev–Trinajstić information content (AvgIpc) is 3.11. The van der Waals surface area contributed by atoms with Gasteiger partial charge >= 0.3 is 12.1 Å². The van der Waals surface area contributed by atoms with Gasteiger partial charge in [0.25, 0.3) is 5.91 Å². The minimum atomic E-state index is -1.16. The lowest BCUT2D eigenvalue weighted by Crippen LogP contribution is -2.55. The lowest BCUT2D eigenvalue weighted by atomic mass is 10.0. The Morgan fingerprint density at radius 1 is 1.14 bits per heavy atom. The molecule has 0 saturated heterocycles. The van der Waals surface area contributed by atoms with Crippen LogP contribution in [0.25, 0.3) is 10.8 Å². The Morgan fingerprint density at radius 2 is 1.86 bits per heavy atom. The number of benzene rings is 3. The summed E-state index contributed by atoms with van der Waals surface area (Å²) in [5.74, 6) is -1.02. The van der Waals surface area contributed by atoms with Crippen LogP contribution >= 0.6 is 15.9 Å². The smallest absolute Gasteiger partial charge is 0.410 e. The number of hydrogen-bond donors (Lipinski definition) is 1. The van der Waals surface area contributed by atoms with Crippen molar-refractivity contribution in [1.82, 2.24) is 10.2 Å². The predicted molar refractivity (Wildman–Crippen MR) is 168 cm³/mol. The number of amides is 3. The molecule has 0 bridgehead atoms. The van der Waals surface area contributed by atoms with Crippen molar-refractivity contribution in [1.29, 1.82) is 0 Å². The molecular weight excluding hydrogens is 634 g/mol. The van der Waals surface area contributed by atoms with Crippen molar-refractivity contribution >= 4 is 56.3 Å². The van der Waals surface area contributed by atoms with Gasteiger partial charge in [0.15, 0.2) is 5.75 Å². The molecule has 12 heteroatoms.